The molecule has 0 aliphatic carbocycles. The number of imide groups is 1. The lowest BCUT2D eigenvalue weighted by atomic mass is 9.87. The molecule has 0 aromatic carbocycles. The average Bonchev–Trinajstić information content (AvgIpc) is 2.33. The Morgan fingerprint density at radius 1 is 1.38 bits per heavy atom. The van der Waals surface area contributed by atoms with Crippen LogP contribution in [-0.2, 0) is 9.59 Å². The maximum atomic E-state index is 11.7. The Morgan fingerprint density at radius 2 is 2.15 bits per heavy atom. The van der Waals surface area contributed by atoms with Crippen molar-refractivity contribution in [3.05, 3.63) is 0 Å². The van der Waals surface area contributed by atoms with Gasteiger partial charge in [-0.3, -0.25) is 14.5 Å². The Bertz CT molecular complexity index is 256. The zero-order valence-electron chi connectivity index (χ0n) is 7.80. The third-order valence-electron chi connectivity index (χ3n) is 3.03. The van der Waals surface area contributed by atoms with Gasteiger partial charge in [0.15, 0.2) is 0 Å². The number of likely N-dealkylation sites (N-methyl/N-ethyl adjacent to an activating group) is 1. The molecule has 0 bridgehead atoms. The molecule has 1 spiro atoms. The normalized spacial score (nSPS) is 34.7. The van der Waals surface area contributed by atoms with E-state index >= 15 is 0 Å². The molecule has 1 N–H and O–H groups in total. The molecule has 13 heavy (non-hydrogen) atoms. The van der Waals surface area contributed by atoms with Crippen LogP contribution in [0.5, 0.6) is 0 Å². The van der Waals surface area contributed by atoms with Gasteiger partial charge < -0.3 is 5.32 Å². The molecular formula is C9H14N2O2. The van der Waals surface area contributed by atoms with E-state index in [1.54, 1.807) is 7.05 Å². The number of amides is 2. The molecule has 0 radical (unpaired) electrons. The van der Waals surface area contributed by atoms with Gasteiger partial charge in [0.1, 0.15) is 5.54 Å². The van der Waals surface area contributed by atoms with Gasteiger partial charge >= 0.3 is 0 Å². The maximum Gasteiger partial charge on any atom is 0.249 e. The highest BCUT2D eigenvalue weighted by molar-refractivity contribution is 6.08. The highest BCUT2D eigenvalue weighted by Gasteiger charge is 2.50. The second-order valence-electron chi connectivity index (χ2n) is 3.90. The van der Waals surface area contributed by atoms with Gasteiger partial charge in [-0.05, 0) is 25.8 Å². The van der Waals surface area contributed by atoms with Crippen LogP contribution in [0.3, 0.4) is 0 Å². The molecule has 2 aliphatic rings. The molecule has 1 atom stereocenters. The van der Waals surface area contributed by atoms with Crippen LogP contribution >= 0.6 is 0 Å². The fourth-order valence-corrected chi connectivity index (χ4v) is 2.19. The Hall–Kier alpha value is -0.900. The van der Waals surface area contributed by atoms with Crippen molar-refractivity contribution in [1.82, 2.24) is 10.2 Å². The molecule has 2 aliphatic heterocycles. The molecular weight excluding hydrogens is 168 g/mol. The van der Waals surface area contributed by atoms with Gasteiger partial charge in [-0.15, -0.1) is 0 Å². The van der Waals surface area contributed by atoms with Gasteiger partial charge in [0.05, 0.1) is 6.42 Å². The molecule has 72 valence electrons. The minimum absolute atomic E-state index is 0.0443. The molecule has 4 nitrogen and oxygen atoms in total. The van der Waals surface area contributed by atoms with Crippen LogP contribution in [0.4, 0.5) is 0 Å². The number of hydrogen-bond donors (Lipinski definition) is 1. The van der Waals surface area contributed by atoms with Gasteiger partial charge in [0.25, 0.3) is 0 Å². The molecule has 2 rings (SSSR count). The number of likely N-dealkylation sites (tertiary alicyclic amines) is 1. The van der Waals surface area contributed by atoms with Crippen LogP contribution in [0.15, 0.2) is 0 Å². The third kappa shape index (κ3) is 1.16. The van der Waals surface area contributed by atoms with Crippen LogP contribution < -0.4 is 5.32 Å². The summed E-state index contributed by atoms with van der Waals surface area (Å²) in [5.74, 6) is -0.100. The zero-order valence-corrected chi connectivity index (χ0v) is 7.80. The van der Waals surface area contributed by atoms with Crippen molar-refractivity contribution in [2.24, 2.45) is 0 Å². The number of nitrogens with zero attached hydrogens (tertiary/aromatic N) is 1. The lowest BCUT2D eigenvalue weighted by Crippen LogP contribution is -2.53. The van der Waals surface area contributed by atoms with Gasteiger partial charge in [0, 0.05) is 7.05 Å². The zero-order chi connectivity index (χ0) is 9.47. The van der Waals surface area contributed by atoms with Crippen LogP contribution in [-0.4, -0.2) is 35.8 Å². The minimum Gasteiger partial charge on any atom is -0.303 e. The summed E-state index contributed by atoms with van der Waals surface area (Å²) in [6.45, 7) is 0.854. The van der Waals surface area contributed by atoms with E-state index in [4.69, 9.17) is 0 Å². The van der Waals surface area contributed by atoms with Gasteiger partial charge in [-0.25, -0.2) is 0 Å². The second-order valence-corrected chi connectivity index (χ2v) is 3.90. The first-order valence-electron chi connectivity index (χ1n) is 4.72. The van der Waals surface area contributed by atoms with Crippen LogP contribution in [0.25, 0.3) is 0 Å². The van der Waals surface area contributed by atoms with Crippen molar-refractivity contribution in [2.45, 2.75) is 31.2 Å². The standard InChI is InChI=1S/C9H14N2O2/c1-11-7(12)6-9(8(11)13)4-2-3-5-10-9/h10H,2-6H2,1H3. The lowest BCUT2D eigenvalue weighted by Gasteiger charge is -2.31. The molecule has 2 heterocycles. The molecule has 0 saturated carbocycles. The first-order valence-corrected chi connectivity index (χ1v) is 4.72. The highest BCUT2D eigenvalue weighted by Crippen LogP contribution is 2.30. The van der Waals surface area contributed by atoms with Crippen LogP contribution in [0, 0.1) is 0 Å². The van der Waals surface area contributed by atoms with E-state index in [9.17, 15) is 9.59 Å². The van der Waals surface area contributed by atoms with Gasteiger partial charge in [0.2, 0.25) is 11.8 Å². The van der Waals surface area contributed by atoms with Crippen molar-refractivity contribution in [3.63, 3.8) is 0 Å². The smallest absolute Gasteiger partial charge is 0.249 e. The van der Waals surface area contributed by atoms with E-state index in [1.807, 2.05) is 0 Å². The lowest BCUT2D eigenvalue weighted by molar-refractivity contribution is -0.138. The number of rotatable bonds is 0. The van der Waals surface area contributed by atoms with E-state index in [-0.39, 0.29) is 11.8 Å². The van der Waals surface area contributed by atoms with Crippen molar-refractivity contribution in [3.8, 4) is 0 Å². The average molecular weight is 182 g/mol. The van der Waals surface area contributed by atoms with Gasteiger partial charge in [-0.2, -0.15) is 0 Å². The Kier molecular flexibility index (Phi) is 1.87. The summed E-state index contributed by atoms with van der Waals surface area (Å²) in [6.07, 6.45) is 3.30. The SMILES string of the molecule is CN1C(=O)CC2(CCCCN2)C1=O. The summed E-state index contributed by atoms with van der Waals surface area (Å²) in [7, 11) is 1.57. The molecule has 2 saturated heterocycles. The van der Waals surface area contributed by atoms with Crippen molar-refractivity contribution >= 4 is 11.8 Å². The molecule has 4 heteroatoms. The Morgan fingerprint density at radius 3 is 2.62 bits per heavy atom. The van der Waals surface area contributed by atoms with E-state index in [2.05, 4.69) is 5.32 Å². The van der Waals surface area contributed by atoms with E-state index in [0.717, 1.165) is 25.8 Å². The van der Waals surface area contributed by atoms with E-state index in [0.29, 0.717) is 6.42 Å². The Balaban J connectivity index is 2.23. The number of carbonyl (C=O) groups excluding carboxylic acids is 2. The van der Waals surface area contributed by atoms with Crippen molar-refractivity contribution < 1.29 is 9.59 Å². The molecule has 2 amide bonds. The predicted molar refractivity (Wildman–Crippen MR) is 47.0 cm³/mol. The topological polar surface area (TPSA) is 49.4 Å². The summed E-state index contributed by atoms with van der Waals surface area (Å²) in [6, 6.07) is 0. The number of hydrogen-bond acceptors (Lipinski definition) is 3. The van der Waals surface area contributed by atoms with Crippen LogP contribution in [0.2, 0.25) is 0 Å². The molecule has 0 aromatic heterocycles. The molecule has 2 fully saturated rings. The number of nitrogens with one attached hydrogen (secondary N) is 1. The maximum absolute atomic E-state index is 11.7. The summed E-state index contributed by atoms with van der Waals surface area (Å²) in [4.78, 5) is 24.3. The third-order valence-corrected chi connectivity index (χ3v) is 3.03. The minimum atomic E-state index is -0.538. The van der Waals surface area contributed by atoms with Crippen molar-refractivity contribution in [2.75, 3.05) is 13.6 Å². The highest BCUT2D eigenvalue weighted by atomic mass is 16.2. The number of piperidine rings is 1. The monoisotopic (exact) mass is 182 g/mol. The summed E-state index contributed by atoms with van der Waals surface area (Å²) < 4.78 is 0. The fourth-order valence-electron chi connectivity index (χ4n) is 2.19. The van der Waals surface area contributed by atoms with Crippen molar-refractivity contribution in [1.29, 1.82) is 0 Å². The molecule has 0 aromatic rings. The quantitative estimate of drug-likeness (QED) is 0.532. The Labute approximate surface area is 77.3 Å². The first-order chi connectivity index (χ1) is 6.16. The first kappa shape index (κ1) is 8.69. The largest absolute Gasteiger partial charge is 0.303 e. The summed E-state index contributed by atoms with van der Waals surface area (Å²) in [5.41, 5.74) is -0.538. The van der Waals surface area contributed by atoms with E-state index in [1.165, 1.54) is 4.90 Å². The predicted octanol–water partition coefficient (Wildman–Crippen LogP) is -0.113. The summed E-state index contributed by atoms with van der Waals surface area (Å²) >= 11 is 0. The van der Waals surface area contributed by atoms with Crippen LogP contribution in [0.1, 0.15) is 25.7 Å². The fraction of sp³-hybridized carbons (Fsp3) is 0.778. The van der Waals surface area contributed by atoms with Gasteiger partial charge in [-0.1, -0.05) is 0 Å². The number of carbonyl (C=O) groups is 2. The second kappa shape index (κ2) is 2.80. The summed E-state index contributed by atoms with van der Waals surface area (Å²) in [5, 5.41) is 3.19. The molecule has 1 unspecified atom stereocenters. The van der Waals surface area contributed by atoms with E-state index < -0.39 is 5.54 Å².